The number of anilines is 1. The number of aromatic nitrogens is 1. The van der Waals surface area contributed by atoms with Crippen molar-refractivity contribution >= 4 is 27.7 Å². The van der Waals surface area contributed by atoms with Gasteiger partial charge in [-0.25, -0.2) is 4.98 Å². The Morgan fingerprint density at radius 2 is 2.24 bits per heavy atom. The van der Waals surface area contributed by atoms with E-state index in [0.29, 0.717) is 18.2 Å². The molecule has 0 aliphatic heterocycles. The van der Waals surface area contributed by atoms with Crippen molar-refractivity contribution in [3.63, 3.8) is 0 Å². The molecular formula is C12H18BrN3O. The van der Waals surface area contributed by atoms with E-state index in [1.165, 1.54) is 0 Å². The molecule has 0 spiro atoms. The number of rotatable bonds is 4. The molecule has 4 nitrogen and oxygen atoms in total. The maximum atomic E-state index is 11.8. The average molecular weight is 300 g/mol. The monoisotopic (exact) mass is 299 g/mol. The van der Waals surface area contributed by atoms with Crippen LogP contribution in [0.25, 0.3) is 0 Å². The van der Waals surface area contributed by atoms with Crippen LogP contribution in [-0.2, 0) is 4.79 Å². The van der Waals surface area contributed by atoms with E-state index in [1.807, 2.05) is 26.8 Å². The molecule has 0 aliphatic carbocycles. The predicted octanol–water partition coefficient (Wildman–Crippen LogP) is 2.46. The van der Waals surface area contributed by atoms with Crippen LogP contribution in [0.4, 0.5) is 5.82 Å². The summed E-state index contributed by atoms with van der Waals surface area (Å²) in [6, 6.07) is 1.41. The molecule has 0 saturated carbocycles. The summed E-state index contributed by atoms with van der Waals surface area (Å²) in [7, 11) is 0. The molecule has 0 aliphatic rings. The first-order valence-corrected chi connectivity index (χ1v) is 6.38. The predicted molar refractivity (Wildman–Crippen MR) is 72.7 cm³/mol. The summed E-state index contributed by atoms with van der Waals surface area (Å²) in [6.07, 6.45) is 2.32. The van der Waals surface area contributed by atoms with Crippen molar-refractivity contribution < 1.29 is 4.79 Å². The molecule has 1 aromatic rings. The van der Waals surface area contributed by atoms with E-state index in [1.54, 1.807) is 6.20 Å². The van der Waals surface area contributed by atoms with Crippen molar-refractivity contribution in [3.05, 3.63) is 22.3 Å². The lowest BCUT2D eigenvalue weighted by Crippen LogP contribution is -2.37. The number of halogens is 1. The molecule has 0 radical (unpaired) electrons. The van der Waals surface area contributed by atoms with Crippen LogP contribution < -0.4 is 11.1 Å². The lowest BCUT2D eigenvalue weighted by Gasteiger charge is -2.14. The molecule has 3 N–H and O–H groups in total. The average Bonchev–Trinajstić information content (AvgIpc) is 2.21. The fraction of sp³-hybridized carbons (Fsp3) is 0.500. The van der Waals surface area contributed by atoms with E-state index in [0.717, 1.165) is 10.0 Å². The van der Waals surface area contributed by atoms with Crippen LogP contribution in [0, 0.1) is 12.8 Å². The molecule has 1 heterocycles. The van der Waals surface area contributed by atoms with Crippen LogP contribution in [0.5, 0.6) is 0 Å². The van der Waals surface area contributed by atoms with Gasteiger partial charge in [0.05, 0.1) is 6.04 Å². The maximum Gasteiger partial charge on any atom is 0.242 e. The summed E-state index contributed by atoms with van der Waals surface area (Å²) in [5, 5.41) is 2.75. The molecule has 94 valence electrons. The molecule has 0 unspecified atom stereocenters. The summed E-state index contributed by atoms with van der Waals surface area (Å²) in [6.45, 7) is 5.97. The molecule has 0 bridgehead atoms. The van der Waals surface area contributed by atoms with Gasteiger partial charge < -0.3 is 11.1 Å². The second-order valence-electron chi connectivity index (χ2n) is 4.54. The van der Waals surface area contributed by atoms with Crippen molar-refractivity contribution in [2.24, 2.45) is 11.7 Å². The van der Waals surface area contributed by atoms with E-state index in [2.05, 4.69) is 26.2 Å². The topological polar surface area (TPSA) is 68.0 Å². The Labute approximate surface area is 110 Å². The zero-order valence-corrected chi connectivity index (χ0v) is 11.9. The number of carbonyl (C=O) groups excluding carboxylic acids is 1. The van der Waals surface area contributed by atoms with Gasteiger partial charge in [0.15, 0.2) is 0 Å². The van der Waals surface area contributed by atoms with Gasteiger partial charge in [-0.1, -0.05) is 13.8 Å². The number of amides is 1. The molecular weight excluding hydrogens is 282 g/mol. The van der Waals surface area contributed by atoms with Gasteiger partial charge >= 0.3 is 0 Å². The van der Waals surface area contributed by atoms with Gasteiger partial charge in [-0.3, -0.25) is 4.79 Å². The molecule has 0 fully saturated rings. The third-order valence-corrected chi connectivity index (χ3v) is 2.78. The molecule has 1 atom stereocenters. The molecule has 5 heteroatoms. The highest BCUT2D eigenvalue weighted by molar-refractivity contribution is 9.10. The highest BCUT2D eigenvalue weighted by atomic mass is 79.9. The first-order chi connectivity index (χ1) is 7.90. The van der Waals surface area contributed by atoms with Gasteiger partial charge in [0.25, 0.3) is 0 Å². The van der Waals surface area contributed by atoms with Gasteiger partial charge in [-0.2, -0.15) is 0 Å². The fourth-order valence-corrected chi connectivity index (χ4v) is 1.94. The quantitative estimate of drug-likeness (QED) is 0.897. The second-order valence-corrected chi connectivity index (χ2v) is 5.46. The van der Waals surface area contributed by atoms with E-state index in [4.69, 9.17) is 5.73 Å². The van der Waals surface area contributed by atoms with Crippen LogP contribution in [0.3, 0.4) is 0 Å². The number of hydrogen-bond acceptors (Lipinski definition) is 3. The number of hydrogen-bond donors (Lipinski definition) is 2. The van der Waals surface area contributed by atoms with Gasteiger partial charge in [0.2, 0.25) is 5.91 Å². The van der Waals surface area contributed by atoms with Crippen molar-refractivity contribution in [3.8, 4) is 0 Å². The lowest BCUT2D eigenvalue weighted by molar-refractivity contribution is -0.117. The molecule has 17 heavy (non-hydrogen) atoms. The normalized spacial score (nSPS) is 12.6. The third kappa shape index (κ3) is 4.44. The summed E-state index contributed by atoms with van der Waals surface area (Å²) in [5.41, 5.74) is 6.70. The van der Waals surface area contributed by atoms with Crippen molar-refractivity contribution in [1.29, 1.82) is 0 Å². The van der Waals surface area contributed by atoms with Crippen molar-refractivity contribution in [2.45, 2.75) is 33.2 Å². The van der Waals surface area contributed by atoms with Gasteiger partial charge in [0, 0.05) is 10.7 Å². The number of nitrogens with one attached hydrogen (secondary N) is 1. The van der Waals surface area contributed by atoms with E-state index in [-0.39, 0.29) is 5.91 Å². The highest BCUT2D eigenvalue weighted by Gasteiger charge is 2.16. The Hall–Kier alpha value is -0.940. The second kappa shape index (κ2) is 6.12. The fourth-order valence-electron chi connectivity index (χ4n) is 1.50. The Morgan fingerprint density at radius 3 is 2.76 bits per heavy atom. The van der Waals surface area contributed by atoms with Gasteiger partial charge in [-0.05, 0) is 46.8 Å². The van der Waals surface area contributed by atoms with E-state index >= 15 is 0 Å². The summed E-state index contributed by atoms with van der Waals surface area (Å²) < 4.78 is 0.888. The third-order valence-electron chi connectivity index (χ3n) is 2.35. The summed E-state index contributed by atoms with van der Waals surface area (Å²) in [4.78, 5) is 15.9. The minimum absolute atomic E-state index is 0.184. The highest BCUT2D eigenvalue weighted by Crippen LogP contribution is 2.17. The minimum atomic E-state index is -0.486. The first kappa shape index (κ1) is 14.1. The van der Waals surface area contributed by atoms with Gasteiger partial charge in [-0.15, -0.1) is 0 Å². The molecule has 1 aromatic heterocycles. The lowest BCUT2D eigenvalue weighted by atomic mass is 10.0. The minimum Gasteiger partial charge on any atom is -0.320 e. The number of carbonyl (C=O) groups is 1. The standard InChI is InChI=1S/C12H18BrN3O/c1-7(2)4-10(14)12(17)16-11-8(3)5-9(13)6-15-11/h5-7,10H,4,14H2,1-3H3,(H,15,16,17)/t10-/m0/s1. The van der Waals surface area contributed by atoms with Crippen LogP contribution >= 0.6 is 15.9 Å². The Morgan fingerprint density at radius 1 is 1.59 bits per heavy atom. The van der Waals surface area contributed by atoms with E-state index in [9.17, 15) is 4.79 Å². The zero-order chi connectivity index (χ0) is 13.0. The van der Waals surface area contributed by atoms with Crippen LogP contribution in [0.1, 0.15) is 25.8 Å². The maximum absolute atomic E-state index is 11.8. The molecule has 0 saturated heterocycles. The van der Waals surface area contributed by atoms with Crippen LogP contribution in [0.2, 0.25) is 0 Å². The number of aryl methyl sites for hydroxylation is 1. The Balaban J connectivity index is 2.67. The number of nitrogens with zero attached hydrogens (tertiary/aromatic N) is 1. The van der Waals surface area contributed by atoms with Crippen molar-refractivity contribution in [1.82, 2.24) is 4.98 Å². The van der Waals surface area contributed by atoms with E-state index < -0.39 is 6.04 Å². The number of pyridine rings is 1. The van der Waals surface area contributed by atoms with Gasteiger partial charge in [0.1, 0.15) is 5.82 Å². The Kier molecular flexibility index (Phi) is 5.08. The summed E-state index contributed by atoms with van der Waals surface area (Å²) in [5.74, 6) is 0.781. The molecule has 1 amide bonds. The SMILES string of the molecule is Cc1cc(Br)cnc1NC(=O)[C@@H](N)CC(C)C. The van der Waals surface area contributed by atoms with Crippen LogP contribution in [-0.4, -0.2) is 16.9 Å². The van der Waals surface area contributed by atoms with Crippen molar-refractivity contribution in [2.75, 3.05) is 5.32 Å². The molecule has 1 rings (SSSR count). The molecule has 0 aromatic carbocycles. The van der Waals surface area contributed by atoms with Crippen LogP contribution in [0.15, 0.2) is 16.7 Å². The summed E-state index contributed by atoms with van der Waals surface area (Å²) >= 11 is 3.32. The largest absolute Gasteiger partial charge is 0.320 e. The smallest absolute Gasteiger partial charge is 0.242 e. The zero-order valence-electron chi connectivity index (χ0n) is 10.3. The Bertz CT molecular complexity index is 407. The first-order valence-electron chi connectivity index (χ1n) is 5.58. The number of nitrogens with two attached hydrogens (primary N) is 1.